The highest BCUT2D eigenvalue weighted by atomic mass is 35.5. The van der Waals surface area contributed by atoms with Gasteiger partial charge in [-0.25, -0.2) is 8.78 Å². The summed E-state index contributed by atoms with van der Waals surface area (Å²) in [5.41, 5.74) is 0.0530. The summed E-state index contributed by atoms with van der Waals surface area (Å²) in [4.78, 5) is 28.4. The van der Waals surface area contributed by atoms with Crippen molar-refractivity contribution >= 4 is 46.4 Å². The molecule has 2 unspecified atom stereocenters. The molecule has 0 aromatic heterocycles. The first kappa shape index (κ1) is 35.3. The summed E-state index contributed by atoms with van der Waals surface area (Å²) in [6.07, 6.45) is 0.690. The fraction of sp³-hybridized carbons (Fsp3) is 0.278. The van der Waals surface area contributed by atoms with Gasteiger partial charge in [0.25, 0.3) is 11.8 Å². The van der Waals surface area contributed by atoms with E-state index in [1.165, 1.54) is 29.2 Å². The van der Waals surface area contributed by atoms with Gasteiger partial charge in [0.1, 0.15) is 11.6 Å². The number of amides is 2. The van der Waals surface area contributed by atoms with Crippen molar-refractivity contribution in [3.05, 3.63) is 130 Å². The molecule has 0 saturated carbocycles. The van der Waals surface area contributed by atoms with Crippen molar-refractivity contribution in [2.24, 2.45) is 0 Å². The maximum absolute atomic E-state index is 13.3. The van der Waals surface area contributed by atoms with Gasteiger partial charge in [-0.3, -0.25) is 9.59 Å². The van der Waals surface area contributed by atoms with E-state index in [-0.39, 0.29) is 30.4 Å². The van der Waals surface area contributed by atoms with Crippen LogP contribution in [0.1, 0.15) is 24.0 Å². The molecule has 2 saturated heterocycles. The van der Waals surface area contributed by atoms with E-state index in [4.69, 9.17) is 23.2 Å². The number of β-amino-alcohol motifs (C(OH)–C–C–N with tert-alkyl or cyclic N) is 1. The minimum absolute atomic E-state index is 0.0174. The van der Waals surface area contributed by atoms with Gasteiger partial charge in [0.15, 0.2) is 0 Å². The third-order valence-electron chi connectivity index (χ3n) is 8.27. The predicted molar refractivity (Wildman–Crippen MR) is 183 cm³/mol. The van der Waals surface area contributed by atoms with Crippen LogP contribution in [0.15, 0.2) is 97.1 Å². The lowest BCUT2D eigenvalue weighted by molar-refractivity contribution is -0.149. The second-order valence-corrected chi connectivity index (χ2v) is 12.8. The summed E-state index contributed by atoms with van der Waals surface area (Å²) in [6, 6.07) is 27.2. The molecular formula is C36H36Cl2F2N4O4. The van der Waals surface area contributed by atoms with E-state index in [2.05, 4.69) is 15.5 Å². The normalized spacial score (nSPS) is 20.4. The molecule has 12 heteroatoms. The van der Waals surface area contributed by atoms with Crippen molar-refractivity contribution in [3.8, 4) is 0 Å². The first-order valence-corrected chi connectivity index (χ1v) is 16.2. The lowest BCUT2D eigenvalue weighted by Gasteiger charge is -2.25. The Morgan fingerprint density at radius 1 is 0.771 bits per heavy atom. The third kappa shape index (κ3) is 8.89. The van der Waals surface area contributed by atoms with Crippen LogP contribution in [-0.4, -0.2) is 59.4 Å². The molecule has 48 heavy (non-hydrogen) atoms. The monoisotopic (exact) mass is 696 g/mol. The Bertz CT molecular complexity index is 1700. The van der Waals surface area contributed by atoms with Gasteiger partial charge < -0.3 is 30.6 Å². The van der Waals surface area contributed by atoms with E-state index < -0.39 is 28.8 Å². The number of halogens is 4. The molecule has 4 N–H and O–H groups in total. The van der Waals surface area contributed by atoms with Crippen LogP contribution in [0.2, 0.25) is 10.0 Å². The average Bonchev–Trinajstić information content (AvgIpc) is 3.60. The van der Waals surface area contributed by atoms with Gasteiger partial charge >= 0.3 is 0 Å². The molecule has 4 aromatic carbocycles. The lowest BCUT2D eigenvalue weighted by Crippen LogP contribution is -2.52. The zero-order chi connectivity index (χ0) is 34.3. The number of anilines is 2. The third-order valence-corrected chi connectivity index (χ3v) is 8.71. The van der Waals surface area contributed by atoms with Crippen molar-refractivity contribution in [1.29, 1.82) is 0 Å². The summed E-state index contributed by atoms with van der Waals surface area (Å²) < 4.78 is 26.6. The molecule has 0 radical (unpaired) electrons. The van der Waals surface area contributed by atoms with Crippen LogP contribution in [0.5, 0.6) is 0 Å². The maximum atomic E-state index is 13.3. The van der Waals surface area contributed by atoms with Crippen LogP contribution in [0.4, 0.5) is 20.2 Å². The van der Waals surface area contributed by atoms with Gasteiger partial charge in [-0.1, -0.05) is 59.6 Å². The van der Waals surface area contributed by atoms with Gasteiger partial charge in [-0.05, 0) is 78.2 Å². The molecule has 0 spiro atoms. The van der Waals surface area contributed by atoms with Gasteiger partial charge in [0, 0.05) is 67.1 Å². The van der Waals surface area contributed by atoms with Crippen LogP contribution in [0.25, 0.3) is 0 Å². The largest absolute Gasteiger partial charge is 0.387 e. The van der Waals surface area contributed by atoms with Gasteiger partial charge in [-0.15, -0.1) is 0 Å². The Labute approximate surface area is 287 Å². The molecule has 2 aliphatic rings. The van der Waals surface area contributed by atoms with Crippen molar-refractivity contribution in [3.63, 3.8) is 0 Å². The Kier molecular flexibility index (Phi) is 11.3. The van der Waals surface area contributed by atoms with Crippen LogP contribution in [0.3, 0.4) is 0 Å². The summed E-state index contributed by atoms with van der Waals surface area (Å²) in [6.45, 7) is 2.55. The van der Waals surface area contributed by atoms with E-state index >= 15 is 0 Å². The number of nitrogens with one attached hydrogen (secondary N) is 2. The quantitative estimate of drug-likeness (QED) is 0.173. The Morgan fingerprint density at radius 2 is 1.33 bits per heavy atom. The van der Waals surface area contributed by atoms with Crippen LogP contribution >= 0.6 is 23.2 Å². The van der Waals surface area contributed by atoms with Gasteiger partial charge in [-0.2, -0.15) is 0 Å². The van der Waals surface area contributed by atoms with Crippen molar-refractivity contribution in [1.82, 2.24) is 10.6 Å². The van der Waals surface area contributed by atoms with E-state index in [0.29, 0.717) is 42.3 Å². The minimum atomic E-state index is -2.13. The number of aliphatic hydroxyl groups is 2. The summed E-state index contributed by atoms with van der Waals surface area (Å²) in [5, 5.41) is 27.5. The van der Waals surface area contributed by atoms with Crippen molar-refractivity contribution in [2.45, 2.75) is 37.1 Å². The average molecular weight is 698 g/mol. The minimum Gasteiger partial charge on any atom is -0.387 e. The number of hydrogen-bond acceptors (Lipinski definition) is 6. The molecule has 2 fully saturated rings. The van der Waals surface area contributed by atoms with Crippen LogP contribution < -0.4 is 20.4 Å². The fourth-order valence-corrected chi connectivity index (χ4v) is 6.31. The number of nitrogens with zero attached hydrogens (tertiary/aromatic N) is 2. The standard InChI is InChI=1S/C18H16ClFN2O3.C18H20ClFN2O/c19-13-8-12(9-14(20)10-13)11-21-16(23)18(25)6-7-22(17(18)24)15-4-2-1-3-5-15;19-15-8-14(9-16(20)10-15)11-21-12-18(23)6-7-22(13-18)17-4-2-1-3-5-17/h1-5,8-10,25H,6-7,11H2,(H,21,23);1-5,8-10,21,23H,6-7,11-13H2. The fourth-order valence-electron chi connectivity index (χ4n) is 5.82. The van der Waals surface area contributed by atoms with E-state index in [1.807, 2.05) is 36.4 Å². The topological polar surface area (TPSA) is 105 Å². The van der Waals surface area contributed by atoms with Gasteiger partial charge in [0.2, 0.25) is 5.60 Å². The highest BCUT2D eigenvalue weighted by molar-refractivity contribution is 6.31. The first-order chi connectivity index (χ1) is 22.9. The molecule has 0 aliphatic carbocycles. The molecule has 2 amide bonds. The Hall–Kier alpha value is -4.06. The van der Waals surface area contributed by atoms with Crippen LogP contribution in [0, 0.1) is 11.6 Å². The highest BCUT2D eigenvalue weighted by Gasteiger charge is 2.51. The number of rotatable bonds is 9. The second-order valence-electron chi connectivity index (χ2n) is 12.0. The van der Waals surface area contributed by atoms with E-state index in [9.17, 15) is 28.6 Å². The summed E-state index contributed by atoms with van der Waals surface area (Å²) >= 11 is 11.6. The summed E-state index contributed by atoms with van der Waals surface area (Å²) in [7, 11) is 0. The second kappa shape index (κ2) is 15.4. The Balaban J connectivity index is 0.000000188. The number of carbonyl (C=O) groups is 2. The van der Waals surface area contributed by atoms with Crippen LogP contribution in [-0.2, 0) is 22.7 Å². The van der Waals surface area contributed by atoms with Gasteiger partial charge in [0.05, 0.1) is 5.60 Å². The van der Waals surface area contributed by atoms with Crippen molar-refractivity contribution < 1.29 is 28.6 Å². The predicted octanol–water partition coefficient (Wildman–Crippen LogP) is 5.47. The van der Waals surface area contributed by atoms with E-state index in [0.717, 1.165) is 23.9 Å². The number of para-hydroxylation sites is 2. The number of carbonyl (C=O) groups excluding carboxylic acids is 2. The highest BCUT2D eigenvalue weighted by Crippen LogP contribution is 2.29. The van der Waals surface area contributed by atoms with E-state index in [1.54, 1.807) is 30.3 Å². The lowest BCUT2D eigenvalue weighted by atomic mass is 10.0. The summed E-state index contributed by atoms with van der Waals surface area (Å²) in [5.74, 6) is -2.35. The maximum Gasteiger partial charge on any atom is 0.268 e. The smallest absolute Gasteiger partial charge is 0.268 e. The Morgan fingerprint density at radius 3 is 1.92 bits per heavy atom. The first-order valence-electron chi connectivity index (χ1n) is 15.4. The zero-order valence-electron chi connectivity index (χ0n) is 26.0. The molecule has 2 atom stereocenters. The zero-order valence-corrected chi connectivity index (χ0v) is 27.5. The molecule has 6 rings (SSSR count). The molecule has 8 nitrogen and oxygen atoms in total. The number of benzene rings is 4. The molecule has 2 aliphatic heterocycles. The molecule has 2 heterocycles. The number of hydrogen-bond donors (Lipinski definition) is 4. The molecule has 0 bridgehead atoms. The molecule has 4 aromatic rings. The molecule has 252 valence electrons. The molecular weight excluding hydrogens is 661 g/mol. The SMILES string of the molecule is O=C(NCc1cc(F)cc(Cl)c1)C1(O)CCN(c2ccccc2)C1=O.OC1(CNCc2cc(F)cc(Cl)c2)CCN(c2ccccc2)C1. The van der Waals surface area contributed by atoms with Crippen molar-refractivity contribution in [2.75, 3.05) is 36.0 Å².